The van der Waals surface area contributed by atoms with Crippen molar-refractivity contribution in [1.82, 2.24) is 0 Å². The fourth-order valence-corrected chi connectivity index (χ4v) is 3.19. The van der Waals surface area contributed by atoms with E-state index in [-0.39, 0.29) is 0 Å². The molecule has 0 heterocycles. The second-order valence-electron chi connectivity index (χ2n) is 4.78. The van der Waals surface area contributed by atoms with Crippen molar-refractivity contribution in [2.24, 2.45) is 0 Å². The Morgan fingerprint density at radius 2 is 1.59 bits per heavy atom. The predicted octanol–water partition coefficient (Wildman–Crippen LogP) is 5.13. The SMILES string of the molecule is COP(=O)(OC)C(=C=Cc1ccc(C)cc1)c1ccccc1. The van der Waals surface area contributed by atoms with E-state index in [1.54, 1.807) is 6.08 Å². The molecule has 0 aliphatic carbocycles. The van der Waals surface area contributed by atoms with Crippen molar-refractivity contribution >= 4 is 19.0 Å². The van der Waals surface area contributed by atoms with Crippen molar-refractivity contribution in [2.75, 3.05) is 14.2 Å². The molecule has 114 valence electrons. The van der Waals surface area contributed by atoms with Crippen LogP contribution in [0.25, 0.3) is 11.4 Å². The van der Waals surface area contributed by atoms with Gasteiger partial charge in [-0.3, -0.25) is 4.57 Å². The van der Waals surface area contributed by atoms with Gasteiger partial charge in [0, 0.05) is 14.2 Å². The van der Waals surface area contributed by atoms with Gasteiger partial charge in [0.1, 0.15) is 5.31 Å². The van der Waals surface area contributed by atoms with Crippen LogP contribution in [0.4, 0.5) is 0 Å². The van der Waals surface area contributed by atoms with Gasteiger partial charge in [0.2, 0.25) is 0 Å². The summed E-state index contributed by atoms with van der Waals surface area (Å²) in [7, 11) is -0.634. The van der Waals surface area contributed by atoms with Gasteiger partial charge in [-0.25, -0.2) is 0 Å². The molecule has 0 unspecified atom stereocenters. The van der Waals surface area contributed by atoms with E-state index in [2.05, 4.69) is 5.73 Å². The lowest BCUT2D eigenvalue weighted by atomic mass is 10.1. The molecule has 0 atom stereocenters. The summed E-state index contributed by atoms with van der Waals surface area (Å²) in [6.45, 7) is 2.03. The van der Waals surface area contributed by atoms with Crippen LogP contribution < -0.4 is 0 Å². The highest BCUT2D eigenvalue weighted by molar-refractivity contribution is 7.65. The molecule has 0 N–H and O–H groups in total. The van der Waals surface area contributed by atoms with E-state index in [4.69, 9.17) is 9.05 Å². The molecule has 0 aliphatic rings. The molecule has 4 heteroatoms. The highest BCUT2D eigenvalue weighted by Crippen LogP contribution is 2.58. The van der Waals surface area contributed by atoms with Crippen molar-refractivity contribution in [3.05, 3.63) is 77.0 Å². The van der Waals surface area contributed by atoms with Crippen LogP contribution in [0.2, 0.25) is 0 Å². The molecule has 3 nitrogen and oxygen atoms in total. The molecule has 0 saturated carbocycles. The Morgan fingerprint density at radius 3 is 2.14 bits per heavy atom. The van der Waals surface area contributed by atoms with Gasteiger partial charge in [-0.2, -0.15) is 0 Å². The van der Waals surface area contributed by atoms with E-state index in [0.29, 0.717) is 5.31 Å². The first-order valence-electron chi connectivity index (χ1n) is 6.90. The van der Waals surface area contributed by atoms with Crippen molar-refractivity contribution in [3.8, 4) is 0 Å². The number of hydrogen-bond acceptors (Lipinski definition) is 3. The maximum absolute atomic E-state index is 12.8. The molecule has 22 heavy (non-hydrogen) atoms. The molecule has 0 fully saturated rings. The van der Waals surface area contributed by atoms with Gasteiger partial charge in [0.05, 0.1) is 0 Å². The molecule has 0 aliphatic heterocycles. The molecule has 2 rings (SSSR count). The van der Waals surface area contributed by atoms with Crippen LogP contribution in [0, 0.1) is 6.92 Å². The summed E-state index contributed by atoms with van der Waals surface area (Å²) in [6, 6.07) is 17.4. The molecular formula is C18H19O3P. The molecule has 0 saturated heterocycles. The summed E-state index contributed by atoms with van der Waals surface area (Å²) < 4.78 is 23.0. The minimum atomic E-state index is -3.39. The topological polar surface area (TPSA) is 35.5 Å². The zero-order valence-electron chi connectivity index (χ0n) is 12.9. The largest absolute Gasteiger partial charge is 0.369 e. The number of rotatable bonds is 5. The lowest BCUT2D eigenvalue weighted by Crippen LogP contribution is -1.92. The quantitative estimate of drug-likeness (QED) is 0.566. The normalized spacial score (nSPS) is 10.9. The van der Waals surface area contributed by atoms with Crippen molar-refractivity contribution in [2.45, 2.75) is 6.92 Å². The summed E-state index contributed by atoms with van der Waals surface area (Å²) in [5.74, 6) is 0. The standard InChI is InChI=1S/C18H19O3P/c1-15-9-11-16(12-10-15)13-14-18(22(19,20-2)21-3)17-7-5-4-6-8-17/h4-13H,1-3H3. The van der Waals surface area contributed by atoms with E-state index in [9.17, 15) is 4.57 Å². The first kappa shape index (κ1) is 16.5. The van der Waals surface area contributed by atoms with Crippen LogP contribution in [0.1, 0.15) is 16.7 Å². The van der Waals surface area contributed by atoms with Crippen molar-refractivity contribution in [3.63, 3.8) is 0 Å². The first-order valence-corrected chi connectivity index (χ1v) is 8.44. The Labute approximate surface area is 131 Å². The minimum absolute atomic E-state index is 0.415. The average Bonchev–Trinajstić information content (AvgIpc) is 2.57. The Balaban J connectivity index is 2.56. The summed E-state index contributed by atoms with van der Waals surface area (Å²) in [6.07, 6.45) is 1.78. The fraction of sp³-hybridized carbons (Fsp3) is 0.167. The zero-order chi connectivity index (χ0) is 16.0. The van der Waals surface area contributed by atoms with Crippen LogP contribution in [0.5, 0.6) is 0 Å². The summed E-state index contributed by atoms with van der Waals surface area (Å²) in [5, 5.41) is 0.415. The highest BCUT2D eigenvalue weighted by Gasteiger charge is 2.28. The second-order valence-corrected chi connectivity index (χ2v) is 6.95. The predicted molar refractivity (Wildman–Crippen MR) is 90.6 cm³/mol. The number of benzene rings is 2. The van der Waals surface area contributed by atoms with Gasteiger partial charge in [-0.1, -0.05) is 60.2 Å². The lowest BCUT2D eigenvalue weighted by molar-refractivity contribution is 0.288. The second kappa shape index (κ2) is 7.40. The smallest absolute Gasteiger partial charge is 0.308 e. The van der Waals surface area contributed by atoms with E-state index in [1.807, 2.05) is 61.5 Å². The fourth-order valence-electron chi connectivity index (χ4n) is 1.99. The maximum Gasteiger partial charge on any atom is 0.369 e. The molecule has 2 aromatic rings. The summed E-state index contributed by atoms with van der Waals surface area (Å²) >= 11 is 0. The molecule has 0 radical (unpaired) electrons. The van der Waals surface area contributed by atoms with E-state index >= 15 is 0 Å². The highest BCUT2D eigenvalue weighted by atomic mass is 31.2. The monoisotopic (exact) mass is 314 g/mol. The maximum atomic E-state index is 12.8. The van der Waals surface area contributed by atoms with Gasteiger partial charge >= 0.3 is 7.60 Å². The van der Waals surface area contributed by atoms with Crippen LogP contribution >= 0.6 is 7.60 Å². The third kappa shape index (κ3) is 3.85. The van der Waals surface area contributed by atoms with Crippen LogP contribution in [0.3, 0.4) is 0 Å². The summed E-state index contributed by atoms with van der Waals surface area (Å²) in [4.78, 5) is 0. The number of hydrogen-bond donors (Lipinski definition) is 0. The molecule has 0 amide bonds. The van der Waals surface area contributed by atoms with Crippen LogP contribution in [0.15, 0.2) is 60.3 Å². The Kier molecular flexibility index (Phi) is 5.54. The summed E-state index contributed by atoms with van der Waals surface area (Å²) in [5.41, 5.74) is 6.01. The molecule has 0 bridgehead atoms. The minimum Gasteiger partial charge on any atom is -0.308 e. The van der Waals surface area contributed by atoms with Crippen molar-refractivity contribution in [1.29, 1.82) is 0 Å². The van der Waals surface area contributed by atoms with Gasteiger partial charge < -0.3 is 9.05 Å². The molecule has 2 aromatic carbocycles. The zero-order valence-corrected chi connectivity index (χ0v) is 13.8. The van der Waals surface area contributed by atoms with Gasteiger partial charge in [0.15, 0.2) is 0 Å². The van der Waals surface area contributed by atoms with Crippen molar-refractivity contribution < 1.29 is 13.6 Å². The average molecular weight is 314 g/mol. The van der Waals surface area contributed by atoms with Gasteiger partial charge in [-0.05, 0) is 24.1 Å². The third-order valence-corrected chi connectivity index (χ3v) is 5.15. The van der Waals surface area contributed by atoms with Crippen LogP contribution in [-0.4, -0.2) is 14.2 Å². The first-order chi connectivity index (χ1) is 10.6. The molecule has 0 aromatic heterocycles. The Bertz CT molecular complexity index is 719. The lowest BCUT2D eigenvalue weighted by Gasteiger charge is -2.15. The van der Waals surface area contributed by atoms with E-state index < -0.39 is 7.60 Å². The third-order valence-electron chi connectivity index (χ3n) is 3.25. The Hall–Kier alpha value is -1.89. The van der Waals surface area contributed by atoms with E-state index in [1.165, 1.54) is 19.8 Å². The molecular weight excluding hydrogens is 295 g/mol. The van der Waals surface area contributed by atoms with Crippen LogP contribution in [-0.2, 0) is 13.6 Å². The molecule has 0 spiro atoms. The Morgan fingerprint density at radius 1 is 1.00 bits per heavy atom. The van der Waals surface area contributed by atoms with Gasteiger partial charge in [0.25, 0.3) is 0 Å². The number of aryl methyl sites for hydroxylation is 1. The van der Waals surface area contributed by atoms with E-state index in [0.717, 1.165) is 11.1 Å². The van der Waals surface area contributed by atoms with Gasteiger partial charge in [-0.15, -0.1) is 5.73 Å².